The highest BCUT2D eigenvalue weighted by atomic mass is 19.1. The van der Waals surface area contributed by atoms with Crippen molar-refractivity contribution in [1.29, 1.82) is 0 Å². The zero-order valence-corrected chi connectivity index (χ0v) is 8.59. The lowest BCUT2D eigenvalue weighted by Gasteiger charge is -2.01. The van der Waals surface area contributed by atoms with Crippen LogP contribution in [0.15, 0.2) is 34.9 Å². The molecule has 17 heavy (non-hydrogen) atoms. The first-order valence-corrected chi connectivity index (χ1v) is 4.97. The van der Waals surface area contributed by atoms with E-state index in [1.165, 1.54) is 24.4 Å². The zero-order valence-electron chi connectivity index (χ0n) is 8.59. The highest BCUT2D eigenvalue weighted by Gasteiger charge is 2.18. The molecule has 2 heterocycles. The lowest BCUT2D eigenvalue weighted by molar-refractivity contribution is 0.187. The van der Waals surface area contributed by atoms with Gasteiger partial charge in [-0.15, -0.1) is 0 Å². The number of furan rings is 1. The smallest absolute Gasteiger partial charge is 0.157 e. The summed E-state index contributed by atoms with van der Waals surface area (Å²) in [4.78, 5) is 0. The molecule has 0 amide bonds. The summed E-state index contributed by atoms with van der Waals surface area (Å²) in [5, 5.41) is 20.3. The first kappa shape index (κ1) is 9.98. The fourth-order valence-electron chi connectivity index (χ4n) is 1.66. The molecular weight excluding hydrogens is 225 g/mol. The molecule has 1 atom stereocenters. The van der Waals surface area contributed by atoms with Crippen LogP contribution in [0.5, 0.6) is 0 Å². The van der Waals surface area contributed by atoms with Crippen LogP contribution >= 0.6 is 0 Å². The average Bonchev–Trinajstić information content (AvgIpc) is 2.96. The quantitative estimate of drug-likeness (QED) is 0.707. The van der Waals surface area contributed by atoms with Crippen molar-refractivity contribution in [2.45, 2.75) is 6.10 Å². The van der Waals surface area contributed by atoms with Crippen LogP contribution in [-0.4, -0.2) is 20.5 Å². The van der Waals surface area contributed by atoms with Gasteiger partial charge in [0.1, 0.15) is 22.9 Å². The van der Waals surface area contributed by atoms with Crippen molar-refractivity contribution in [3.05, 3.63) is 47.7 Å². The third-order valence-corrected chi connectivity index (χ3v) is 2.48. The second-order valence-electron chi connectivity index (χ2n) is 3.63. The van der Waals surface area contributed by atoms with E-state index in [0.29, 0.717) is 22.4 Å². The monoisotopic (exact) mass is 233 g/mol. The number of H-pyrrole nitrogens is 1. The SMILES string of the molecule is OC(c1cn[nH]n1)c1cc2cc(F)ccc2o1. The van der Waals surface area contributed by atoms with E-state index < -0.39 is 6.10 Å². The van der Waals surface area contributed by atoms with Crippen LogP contribution in [0, 0.1) is 5.82 Å². The van der Waals surface area contributed by atoms with Crippen molar-refractivity contribution >= 4 is 11.0 Å². The second-order valence-corrected chi connectivity index (χ2v) is 3.63. The minimum Gasteiger partial charge on any atom is -0.458 e. The first-order valence-electron chi connectivity index (χ1n) is 4.97. The van der Waals surface area contributed by atoms with E-state index in [2.05, 4.69) is 15.4 Å². The maximum Gasteiger partial charge on any atom is 0.157 e. The third-order valence-electron chi connectivity index (χ3n) is 2.48. The van der Waals surface area contributed by atoms with Crippen LogP contribution in [0.1, 0.15) is 17.6 Å². The predicted octanol–water partition coefficient (Wildman–Crippen LogP) is 1.77. The van der Waals surface area contributed by atoms with Gasteiger partial charge in [-0.2, -0.15) is 15.4 Å². The summed E-state index contributed by atoms with van der Waals surface area (Å²) in [5.74, 6) is -0.0414. The average molecular weight is 233 g/mol. The number of aliphatic hydroxyl groups is 1. The summed E-state index contributed by atoms with van der Waals surface area (Å²) in [6.45, 7) is 0. The van der Waals surface area contributed by atoms with Gasteiger partial charge in [0.15, 0.2) is 6.10 Å². The molecule has 2 aromatic heterocycles. The maximum absolute atomic E-state index is 13.0. The van der Waals surface area contributed by atoms with E-state index in [0.717, 1.165) is 0 Å². The Hall–Kier alpha value is -2.21. The van der Waals surface area contributed by atoms with Crippen LogP contribution in [-0.2, 0) is 0 Å². The highest BCUT2D eigenvalue weighted by Crippen LogP contribution is 2.27. The highest BCUT2D eigenvalue weighted by molar-refractivity contribution is 5.78. The van der Waals surface area contributed by atoms with Crippen molar-refractivity contribution in [1.82, 2.24) is 15.4 Å². The Morgan fingerprint density at radius 3 is 3.00 bits per heavy atom. The molecule has 86 valence electrons. The van der Waals surface area contributed by atoms with E-state index in [9.17, 15) is 9.50 Å². The van der Waals surface area contributed by atoms with Gasteiger partial charge in [0.2, 0.25) is 0 Å². The van der Waals surface area contributed by atoms with Gasteiger partial charge in [-0.05, 0) is 24.3 Å². The molecule has 0 aliphatic carbocycles. The molecule has 0 fully saturated rings. The Labute approximate surface area is 94.9 Å². The Kier molecular flexibility index (Phi) is 2.15. The number of nitrogens with zero attached hydrogens (tertiary/aromatic N) is 2. The van der Waals surface area contributed by atoms with Crippen molar-refractivity contribution in [2.24, 2.45) is 0 Å². The van der Waals surface area contributed by atoms with Gasteiger partial charge in [0.25, 0.3) is 0 Å². The zero-order chi connectivity index (χ0) is 11.8. The van der Waals surface area contributed by atoms with Crippen molar-refractivity contribution in [3.8, 4) is 0 Å². The first-order chi connectivity index (χ1) is 8.24. The molecule has 0 aliphatic heterocycles. The lowest BCUT2D eigenvalue weighted by atomic mass is 10.2. The minimum absolute atomic E-state index is 0.305. The molecule has 1 aromatic carbocycles. The number of halogens is 1. The van der Waals surface area contributed by atoms with Gasteiger partial charge < -0.3 is 9.52 Å². The van der Waals surface area contributed by atoms with Crippen LogP contribution in [0.4, 0.5) is 4.39 Å². The number of aromatic amines is 1. The second kappa shape index (κ2) is 3.67. The topological polar surface area (TPSA) is 74.9 Å². The Morgan fingerprint density at radius 2 is 2.24 bits per heavy atom. The standard InChI is InChI=1S/C11H8FN3O2/c12-7-1-2-9-6(3-7)4-10(17-9)11(16)8-5-13-15-14-8/h1-5,11,16H,(H,13,14,15). The minimum atomic E-state index is -1.01. The molecule has 0 bridgehead atoms. The fraction of sp³-hybridized carbons (Fsp3) is 0.0909. The van der Waals surface area contributed by atoms with Crippen LogP contribution in [0.2, 0.25) is 0 Å². The summed E-state index contributed by atoms with van der Waals surface area (Å²) in [7, 11) is 0. The molecule has 0 spiro atoms. The van der Waals surface area contributed by atoms with Crippen LogP contribution in [0.25, 0.3) is 11.0 Å². The molecule has 2 N–H and O–H groups in total. The number of nitrogens with one attached hydrogen (secondary N) is 1. The predicted molar refractivity (Wildman–Crippen MR) is 56.6 cm³/mol. The number of hydrogen-bond donors (Lipinski definition) is 2. The van der Waals surface area contributed by atoms with E-state index in [1.807, 2.05) is 0 Å². The number of aromatic nitrogens is 3. The summed E-state index contributed by atoms with van der Waals surface area (Å²) in [6.07, 6.45) is 0.391. The Bertz CT molecular complexity index is 648. The van der Waals surface area contributed by atoms with E-state index >= 15 is 0 Å². The number of benzene rings is 1. The molecule has 6 heteroatoms. The molecule has 5 nitrogen and oxygen atoms in total. The van der Waals surface area contributed by atoms with Gasteiger partial charge >= 0.3 is 0 Å². The molecular formula is C11H8FN3O2. The number of rotatable bonds is 2. The summed E-state index contributed by atoms with van der Waals surface area (Å²) in [6, 6.07) is 5.75. The van der Waals surface area contributed by atoms with Crippen molar-refractivity contribution < 1.29 is 13.9 Å². The van der Waals surface area contributed by atoms with Crippen LogP contribution in [0.3, 0.4) is 0 Å². The van der Waals surface area contributed by atoms with E-state index in [-0.39, 0.29) is 5.82 Å². The van der Waals surface area contributed by atoms with E-state index in [1.54, 1.807) is 6.07 Å². The number of fused-ring (bicyclic) bond motifs is 1. The Morgan fingerprint density at radius 1 is 1.35 bits per heavy atom. The van der Waals surface area contributed by atoms with Gasteiger partial charge in [-0.1, -0.05) is 0 Å². The third kappa shape index (κ3) is 1.68. The molecule has 0 saturated carbocycles. The fourth-order valence-corrected chi connectivity index (χ4v) is 1.66. The lowest BCUT2D eigenvalue weighted by Crippen LogP contribution is -1.98. The normalized spacial score (nSPS) is 13.1. The molecule has 0 saturated heterocycles. The number of hydrogen-bond acceptors (Lipinski definition) is 4. The summed E-state index contributed by atoms with van der Waals surface area (Å²) >= 11 is 0. The van der Waals surface area contributed by atoms with Crippen molar-refractivity contribution in [3.63, 3.8) is 0 Å². The van der Waals surface area contributed by atoms with Gasteiger partial charge in [0.05, 0.1) is 6.20 Å². The summed E-state index contributed by atoms with van der Waals surface area (Å²) < 4.78 is 18.4. The van der Waals surface area contributed by atoms with Crippen molar-refractivity contribution in [2.75, 3.05) is 0 Å². The molecule has 1 unspecified atom stereocenters. The largest absolute Gasteiger partial charge is 0.458 e. The summed E-state index contributed by atoms with van der Waals surface area (Å²) in [5.41, 5.74) is 0.869. The molecule has 3 aromatic rings. The number of aliphatic hydroxyl groups excluding tert-OH is 1. The van der Waals surface area contributed by atoms with E-state index in [4.69, 9.17) is 4.42 Å². The molecule has 3 rings (SSSR count). The molecule has 0 radical (unpaired) electrons. The van der Waals surface area contributed by atoms with Gasteiger partial charge in [-0.25, -0.2) is 4.39 Å². The van der Waals surface area contributed by atoms with Crippen LogP contribution < -0.4 is 0 Å². The molecule has 0 aliphatic rings. The maximum atomic E-state index is 13.0. The van der Waals surface area contributed by atoms with Gasteiger partial charge in [0, 0.05) is 5.39 Å². The van der Waals surface area contributed by atoms with Gasteiger partial charge in [-0.3, -0.25) is 0 Å². The Balaban J connectivity index is 2.06.